The molecule has 22 heavy (non-hydrogen) atoms. The molecule has 0 aliphatic carbocycles. The number of esters is 2. The Labute approximate surface area is 132 Å². The Balaban J connectivity index is 2.67. The monoisotopic (exact) mass is 304 g/mol. The molecule has 0 aromatic heterocycles. The van der Waals surface area contributed by atoms with Crippen molar-refractivity contribution in [2.75, 3.05) is 7.11 Å². The van der Waals surface area contributed by atoms with Crippen LogP contribution in [0.3, 0.4) is 0 Å². The van der Waals surface area contributed by atoms with Crippen molar-refractivity contribution in [3.8, 4) is 0 Å². The van der Waals surface area contributed by atoms with Crippen LogP contribution in [-0.2, 0) is 19.1 Å². The average molecular weight is 304 g/mol. The Kier molecular flexibility index (Phi) is 6.83. The summed E-state index contributed by atoms with van der Waals surface area (Å²) in [6.07, 6.45) is 4.13. The molecule has 0 saturated carbocycles. The third-order valence-electron chi connectivity index (χ3n) is 3.39. The molecule has 1 rings (SSSR count). The molecule has 0 unspecified atom stereocenters. The second kappa shape index (κ2) is 8.37. The van der Waals surface area contributed by atoms with E-state index in [1.165, 1.54) is 14.0 Å². The lowest BCUT2D eigenvalue weighted by atomic mass is 9.87. The van der Waals surface area contributed by atoms with Crippen LogP contribution in [0.1, 0.15) is 45.6 Å². The van der Waals surface area contributed by atoms with Crippen molar-refractivity contribution in [1.82, 2.24) is 0 Å². The van der Waals surface area contributed by atoms with Crippen LogP contribution < -0.4 is 0 Å². The van der Waals surface area contributed by atoms with Gasteiger partial charge in [-0.1, -0.05) is 30.3 Å². The maximum atomic E-state index is 11.6. The fraction of sp³-hybridized carbons (Fsp3) is 0.444. The Morgan fingerprint density at radius 3 is 2.36 bits per heavy atom. The number of hydrogen-bond acceptors (Lipinski definition) is 4. The van der Waals surface area contributed by atoms with E-state index in [0.717, 1.165) is 18.4 Å². The van der Waals surface area contributed by atoms with E-state index in [0.29, 0.717) is 12.2 Å². The number of carbonyl (C=O) groups excluding carboxylic acids is 2. The standard InChI is InChI=1S/C18H24O4/c1-14(19)22-16(15-10-6-5-7-11-15)12-8-9-13-18(2,3)17(20)21-4/h5-7,10-12H,8-9,13H2,1-4H3/b16-12-. The molecule has 0 aliphatic heterocycles. The molecule has 120 valence electrons. The number of rotatable bonds is 7. The molecule has 0 fully saturated rings. The predicted octanol–water partition coefficient (Wildman–Crippen LogP) is 3.96. The third-order valence-corrected chi connectivity index (χ3v) is 3.39. The van der Waals surface area contributed by atoms with Gasteiger partial charge in [-0.25, -0.2) is 0 Å². The lowest BCUT2D eigenvalue weighted by Crippen LogP contribution is -2.25. The Morgan fingerprint density at radius 2 is 1.82 bits per heavy atom. The van der Waals surface area contributed by atoms with Crippen LogP contribution in [0.5, 0.6) is 0 Å². The molecule has 0 atom stereocenters. The summed E-state index contributed by atoms with van der Waals surface area (Å²) in [4.78, 5) is 22.8. The molecule has 4 heteroatoms. The van der Waals surface area contributed by atoms with Gasteiger partial charge in [0, 0.05) is 12.5 Å². The van der Waals surface area contributed by atoms with E-state index in [1.54, 1.807) is 0 Å². The Hall–Kier alpha value is -2.10. The van der Waals surface area contributed by atoms with E-state index in [4.69, 9.17) is 9.47 Å². The van der Waals surface area contributed by atoms with Gasteiger partial charge in [0.15, 0.2) is 0 Å². The third kappa shape index (κ3) is 5.72. The number of ether oxygens (including phenoxy) is 2. The Morgan fingerprint density at radius 1 is 1.18 bits per heavy atom. The second-order valence-corrected chi connectivity index (χ2v) is 5.80. The SMILES string of the molecule is COC(=O)C(C)(C)CCC/C=C(\OC(C)=O)c1ccccc1. The summed E-state index contributed by atoms with van der Waals surface area (Å²) in [6.45, 7) is 5.12. The second-order valence-electron chi connectivity index (χ2n) is 5.80. The van der Waals surface area contributed by atoms with Crippen LogP contribution in [0, 0.1) is 5.41 Å². The number of unbranched alkanes of at least 4 members (excludes halogenated alkanes) is 1. The highest BCUT2D eigenvalue weighted by Gasteiger charge is 2.27. The summed E-state index contributed by atoms with van der Waals surface area (Å²) in [5.41, 5.74) is 0.363. The minimum absolute atomic E-state index is 0.209. The molecule has 0 spiro atoms. The molecule has 0 heterocycles. The van der Waals surface area contributed by atoms with E-state index < -0.39 is 5.41 Å². The van der Waals surface area contributed by atoms with Crippen LogP contribution in [0.2, 0.25) is 0 Å². The number of benzene rings is 1. The van der Waals surface area contributed by atoms with E-state index in [1.807, 2.05) is 50.3 Å². The van der Waals surface area contributed by atoms with Crippen molar-refractivity contribution in [2.24, 2.45) is 5.41 Å². The Bertz CT molecular complexity index is 529. The summed E-state index contributed by atoms with van der Waals surface area (Å²) in [7, 11) is 1.40. The van der Waals surface area contributed by atoms with Crippen molar-refractivity contribution >= 4 is 17.7 Å². The molecule has 0 radical (unpaired) electrons. The summed E-state index contributed by atoms with van der Waals surface area (Å²) >= 11 is 0. The quantitative estimate of drug-likeness (QED) is 0.434. The number of allylic oxidation sites excluding steroid dienone is 1. The molecule has 1 aromatic rings. The summed E-state index contributed by atoms with van der Waals surface area (Å²) in [6, 6.07) is 9.49. The maximum Gasteiger partial charge on any atom is 0.311 e. The van der Waals surface area contributed by atoms with E-state index >= 15 is 0 Å². The topological polar surface area (TPSA) is 52.6 Å². The van der Waals surface area contributed by atoms with Crippen LogP contribution >= 0.6 is 0 Å². The first kappa shape index (κ1) is 18.0. The number of hydrogen-bond donors (Lipinski definition) is 0. The van der Waals surface area contributed by atoms with Crippen LogP contribution in [0.25, 0.3) is 5.76 Å². The predicted molar refractivity (Wildman–Crippen MR) is 85.8 cm³/mol. The number of methoxy groups -OCH3 is 1. The van der Waals surface area contributed by atoms with E-state index in [2.05, 4.69) is 0 Å². The van der Waals surface area contributed by atoms with Crippen LogP contribution in [-0.4, -0.2) is 19.0 Å². The molecular weight excluding hydrogens is 280 g/mol. The zero-order valence-corrected chi connectivity index (χ0v) is 13.7. The molecule has 0 aliphatic rings. The van der Waals surface area contributed by atoms with Crippen molar-refractivity contribution in [3.05, 3.63) is 42.0 Å². The molecule has 0 bridgehead atoms. The minimum atomic E-state index is -0.503. The fourth-order valence-electron chi connectivity index (χ4n) is 2.13. The van der Waals surface area contributed by atoms with Crippen LogP contribution in [0.15, 0.2) is 36.4 Å². The summed E-state index contributed by atoms with van der Waals surface area (Å²) in [5, 5.41) is 0. The molecule has 0 N–H and O–H groups in total. The van der Waals surface area contributed by atoms with Crippen molar-refractivity contribution in [1.29, 1.82) is 0 Å². The summed E-state index contributed by atoms with van der Waals surface area (Å²) in [5.74, 6) is 0.00807. The van der Waals surface area contributed by atoms with Gasteiger partial charge in [-0.15, -0.1) is 0 Å². The fourth-order valence-corrected chi connectivity index (χ4v) is 2.13. The highest BCUT2D eigenvalue weighted by molar-refractivity contribution is 5.76. The van der Waals surface area contributed by atoms with Gasteiger partial charge in [0.25, 0.3) is 0 Å². The average Bonchev–Trinajstić information content (AvgIpc) is 2.49. The minimum Gasteiger partial charge on any atom is -0.469 e. The van der Waals surface area contributed by atoms with Gasteiger partial charge in [0.1, 0.15) is 5.76 Å². The van der Waals surface area contributed by atoms with Gasteiger partial charge in [-0.3, -0.25) is 9.59 Å². The normalized spacial score (nSPS) is 11.9. The van der Waals surface area contributed by atoms with Crippen molar-refractivity contribution in [3.63, 3.8) is 0 Å². The van der Waals surface area contributed by atoms with Gasteiger partial charge in [-0.05, 0) is 39.2 Å². The summed E-state index contributed by atoms with van der Waals surface area (Å²) < 4.78 is 10.1. The van der Waals surface area contributed by atoms with Crippen molar-refractivity contribution in [2.45, 2.75) is 40.0 Å². The van der Waals surface area contributed by atoms with Crippen molar-refractivity contribution < 1.29 is 19.1 Å². The molecule has 4 nitrogen and oxygen atoms in total. The first-order valence-electron chi connectivity index (χ1n) is 7.39. The van der Waals surface area contributed by atoms with Gasteiger partial charge in [-0.2, -0.15) is 0 Å². The van der Waals surface area contributed by atoms with Gasteiger partial charge in [0.05, 0.1) is 12.5 Å². The lowest BCUT2D eigenvalue weighted by molar-refractivity contribution is -0.151. The van der Waals surface area contributed by atoms with E-state index in [9.17, 15) is 9.59 Å². The zero-order valence-electron chi connectivity index (χ0n) is 13.7. The molecule has 0 saturated heterocycles. The largest absolute Gasteiger partial charge is 0.469 e. The van der Waals surface area contributed by atoms with Gasteiger partial charge >= 0.3 is 11.9 Å². The first-order chi connectivity index (χ1) is 10.4. The molecule has 1 aromatic carbocycles. The van der Waals surface area contributed by atoms with Gasteiger partial charge < -0.3 is 9.47 Å². The maximum absolute atomic E-state index is 11.6. The van der Waals surface area contributed by atoms with Gasteiger partial charge in [0.2, 0.25) is 0 Å². The van der Waals surface area contributed by atoms with E-state index in [-0.39, 0.29) is 11.9 Å². The highest BCUT2D eigenvalue weighted by atomic mass is 16.5. The zero-order chi connectivity index (χ0) is 16.6. The highest BCUT2D eigenvalue weighted by Crippen LogP contribution is 2.26. The lowest BCUT2D eigenvalue weighted by Gasteiger charge is -2.20. The number of carbonyl (C=O) groups is 2. The van der Waals surface area contributed by atoms with Crippen LogP contribution in [0.4, 0.5) is 0 Å². The molecule has 0 amide bonds. The molecular formula is C18H24O4. The first-order valence-corrected chi connectivity index (χ1v) is 7.39. The smallest absolute Gasteiger partial charge is 0.311 e.